The smallest absolute Gasteiger partial charge is 0.0780 e. The van der Waals surface area contributed by atoms with E-state index in [1.165, 1.54) is 6.08 Å². The Labute approximate surface area is 61.3 Å². The maximum atomic E-state index is 9.18. The number of alkyl halides is 1. The van der Waals surface area contributed by atoms with E-state index in [2.05, 4.69) is 6.58 Å². The van der Waals surface area contributed by atoms with Gasteiger partial charge in [0.25, 0.3) is 0 Å². The number of halogens is 1. The molecule has 0 spiro atoms. The van der Waals surface area contributed by atoms with Crippen LogP contribution in [0.5, 0.6) is 0 Å². The van der Waals surface area contributed by atoms with Crippen LogP contribution in [-0.4, -0.2) is 17.1 Å². The molecule has 0 aliphatic carbocycles. The maximum Gasteiger partial charge on any atom is 0.0780 e. The van der Waals surface area contributed by atoms with Crippen molar-refractivity contribution in [3.63, 3.8) is 0 Å². The van der Waals surface area contributed by atoms with Crippen LogP contribution in [0, 0.1) is 5.41 Å². The molecule has 0 aromatic carbocycles. The van der Waals surface area contributed by atoms with Crippen molar-refractivity contribution < 1.29 is 5.11 Å². The van der Waals surface area contributed by atoms with Crippen molar-refractivity contribution in [3.05, 3.63) is 12.7 Å². The summed E-state index contributed by atoms with van der Waals surface area (Å²) >= 11 is 5.56. The lowest BCUT2D eigenvalue weighted by molar-refractivity contribution is 0.108. The fourth-order valence-corrected chi connectivity index (χ4v) is 0.556. The van der Waals surface area contributed by atoms with Gasteiger partial charge in [-0.05, 0) is 0 Å². The molecule has 0 amide bonds. The van der Waals surface area contributed by atoms with Crippen molar-refractivity contribution in [2.45, 2.75) is 20.0 Å². The van der Waals surface area contributed by atoms with Gasteiger partial charge in [0.2, 0.25) is 0 Å². The highest BCUT2D eigenvalue weighted by Crippen LogP contribution is 2.22. The molecule has 0 rings (SSSR count). The Hall–Kier alpha value is -0.0100. The van der Waals surface area contributed by atoms with Crippen molar-refractivity contribution in [2.24, 2.45) is 5.41 Å². The molecule has 0 radical (unpaired) electrons. The van der Waals surface area contributed by atoms with Crippen molar-refractivity contribution in [2.75, 3.05) is 5.88 Å². The average Bonchev–Trinajstić information content (AvgIpc) is 1.86. The summed E-state index contributed by atoms with van der Waals surface area (Å²) < 4.78 is 0. The van der Waals surface area contributed by atoms with Gasteiger partial charge in [-0.25, -0.2) is 0 Å². The standard InChI is InChI=1S/C7H13ClO/c1-4-6(9)7(2,3)5-8/h4,6,9H,1,5H2,2-3H3. The molecule has 0 fully saturated rings. The molecule has 2 heteroatoms. The summed E-state index contributed by atoms with van der Waals surface area (Å²) in [4.78, 5) is 0. The molecule has 0 aromatic rings. The van der Waals surface area contributed by atoms with Crippen LogP contribution in [0.4, 0.5) is 0 Å². The summed E-state index contributed by atoms with van der Waals surface area (Å²) in [6.45, 7) is 7.26. The van der Waals surface area contributed by atoms with Gasteiger partial charge in [0.1, 0.15) is 0 Å². The fraction of sp³-hybridized carbons (Fsp3) is 0.714. The zero-order chi connectivity index (χ0) is 7.49. The quantitative estimate of drug-likeness (QED) is 0.478. The first-order chi connectivity index (χ1) is 4.04. The summed E-state index contributed by atoms with van der Waals surface area (Å²) in [7, 11) is 0. The van der Waals surface area contributed by atoms with E-state index >= 15 is 0 Å². The first kappa shape index (κ1) is 8.99. The fourth-order valence-electron chi connectivity index (χ4n) is 0.398. The van der Waals surface area contributed by atoms with Gasteiger partial charge < -0.3 is 5.11 Å². The Balaban J connectivity index is 3.95. The molecule has 9 heavy (non-hydrogen) atoms. The topological polar surface area (TPSA) is 20.2 Å². The van der Waals surface area contributed by atoms with Crippen LogP contribution in [0.2, 0.25) is 0 Å². The lowest BCUT2D eigenvalue weighted by atomic mass is 9.89. The third kappa shape index (κ3) is 2.37. The second-order valence-corrected chi connectivity index (χ2v) is 3.07. The van der Waals surface area contributed by atoms with Gasteiger partial charge in [-0.2, -0.15) is 0 Å². The Morgan fingerprint density at radius 1 is 1.78 bits per heavy atom. The van der Waals surface area contributed by atoms with Crippen LogP contribution >= 0.6 is 11.6 Å². The molecule has 1 unspecified atom stereocenters. The van der Waals surface area contributed by atoms with E-state index in [1.807, 2.05) is 13.8 Å². The first-order valence-corrected chi connectivity index (χ1v) is 3.44. The Morgan fingerprint density at radius 3 is 2.33 bits per heavy atom. The minimum atomic E-state index is -0.505. The third-order valence-corrected chi connectivity index (χ3v) is 2.06. The summed E-state index contributed by atoms with van der Waals surface area (Å²) in [6.07, 6.45) is 0.998. The van der Waals surface area contributed by atoms with Crippen LogP contribution in [-0.2, 0) is 0 Å². The van der Waals surface area contributed by atoms with Crippen LogP contribution in [0.15, 0.2) is 12.7 Å². The van der Waals surface area contributed by atoms with Crippen LogP contribution < -0.4 is 0 Å². The van der Waals surface area contributed by atoms with E-state index in [0.29, 0.717) is 5.88 Å². The van der Waals surface area contributed by atoms with E-state index in [0.717, 1.165) is 0 Å². The lowest BCUT2D eigenvalue weighted by Gasteiger charge is -2.24. The van der Waals surface area contributed by atoms with Gasteiger partial charge in [-0.15, -0.1) is 18.2 Å². The number of hydrogen-bond acceptors (Lipinski definition) is 1. The zero-order valence-electron chi connectivity index (χ0n) is 5.89. The van der Waals surface area contributed by atoms with Gasteiger partial charge >= 0.3 is 0 Å². The minimum absolute atomic E-state index is 0.247. The highest BCUT2D eigenvalue weighted by Gasteiger charge is 2.23. The molecular weight excluding hydrogens is 136 g/mol. The predicted molar refractivity (Wildman–Crippen MR) is 40.7 cm³/mol. The predicted octanol–water partition coefficient (Wildman–Crippen LogP) is 1.80. The number of rotatable bonds is 3. The average molecular weight is 149 g/mol. The molecule has 0 aromatic heterocycles. The van der Waals surface area contributed by atoms with E-state index in [4.69, 9.17) is 11.6 Å². The molecular formula is C7H13ClO. The summed E-state index contributed by atoms with van der Waals surface area (Å²) in [6, 6.07) is 0. The minimum Gasteiger partial charge on any atom is -0.388 e. The van der Waals surface area contributed by atoms with Crippen molar-refractivity contribution in [1.29, 1.82) is 0 Å². The largest absolute Gasteiger partial charge is 0.388 e. The van der Waals surface area contributed by atoms with Gasteiger partial charge in [0.05, 0.1) is 6.10 Å². The van der Waals surface area contributed by atoms with Crippen molar-refractivity contribution in [1.82, 2.24) is 0 Å². The molecule has 1 N–H and O–H groups in total. The molecule has 0 bridgehead atoms. The lowest BCUT2D eigenvalue weighted by Crippen LogP contribution is -2.28. The first-order valence-electron chi connectivity index (χ1n) is 2.91. The Bertz CT molecular complexity index is 99.1. The van der Waals surface area contributed by atoms with E-state index in [9.17, 15) is 5.11 Å². The van der Waals surface area contributed by atoms with E-state index < -0.39 is 6.10 Å². The highest BCUT2D eigenvalue weighted by molar-refractivity contribution is 6.18. The monoisotopic (exact) mass is 148 g/mol. The third-order valence-electron chi connectivity index (χ3n) is 1.37. The normalized spacial score (nSPS) is 15.1. The molecule has 1 atom stereocenters. The number of aliphatic hydroxyl groups is 1. The van der Waals surface area contributed by atoms with Crippen molar-refractivity contribution >= 4 is 11.6 Å². The summed E-state index contributed by atoms with van der Waals surface area (Å²) in [5, 5.41) is 9.18. The molecule has 0 saturated carbocycles. The number of hydrogen-bond donors (Lipinski definition) is 1. The Kier molecular flexibility index (Phi) is 3.23. The second kappa shape index (κ2) is 3.23. The van der Waals surface area contributed by atoms with Crippen LogP contribution in [0.1, 0.15) is 13.8 Å². The highest BCUT2D eigenvalue weighted by atomic mass is 35.5. The van der Waals surface area contributed by atoms with Crippen LogP contribution in [0.3, 0.4) is 0 Å². The molecule has 0 aliphatic rings. The molecule has 1 nitrogen and oxygen atoms in total. The van der Waals surface area contributed by atoms with Crippen molar-refractivity contribution in [3.8, 4) is 0 Å². The number of aliphatic hydroxyl groups excluding tert-OH is 1. The van der Waals surface area contributed by atoms with Crippen LogP contribution in [0.25, 0.3) is 0 Å². The SMILES string of the molecule is C=CC(O)C(C)(C)CCl. The van der Waals surface area contributed by atoms with Gasteiger partial charge in [-0.3, -0.25) is 0 Å². The van der Waals surface area contributed by atoms with Gasteiger partial charge in [0, 0.05) is 11.3 Å². The molecule has 54 valence electrons. The summed E-state index contributed by atoms with van der Waals surface area (Å²) in [5.41, 5.74) is -0.247. The maximum absolute atomic E-state index is 9.18. The Morgan fingerprint density at radius 2 is 2.22 bits per heavy atom. The molecule has 0 aliphatic heterocycles. The van der Waals surface area contributed by atoms with Gasteiger partial charge in [-0.1, -0.05) is 19.9 Å². The van der Waals surface area contributed by atoms with Gasteiger partial charge in [0.15, 0.2) is 0 Å². The van der Waals surface area contributed by atoms with E-state index in [1.54, 1.807) is 0 Å². The summed E-state index contributed by atoms with van der Waals surface area (Å²) in [5.74, 6) is 0.445. The zero-order valence-corrected chi connectivity index (χ0v) is 6.65. The molecule has 0 heterocycles. The second-order valence-electron chi connectivity index (χ2n) is 2.80. The molecule has 0 saturated heterocycles. The van der Waals surface area contributed by atoms with E-state index in [-0.39, 0.29) is 5.41 Å².